The molecule has 3 aliphatic rings. The van der Waals surface area contributed by atoms with Crippen LogP contribution in [0.25, 0.3) is 22.2 Å². The van der Waals surface area contributed by atoms with E-state index in [1.54, 1.807) is 7.11 Å². The lowest BCUT2D eigenvalue weighted by Crippen LogP contribution is -2.54. The molecule has 3 saturated heterocycles. The number of carbonyl (C=O) groups is 1. The number of piperazine rings is 1. The zero-order chi connectivity index (χ0) is 35.3. The van der Waals surface area contributed by atoms with Crippen molar-refractivity contribution in [2.75, 3.05) is 44.8 Å². The van der Waals surface area contributed by atoms with Crippen LogP contribution in [-0.2, 0) is 36.5 Å². The van der Waals surface area contributed by atoms with E-state index in [4.69, 9.17) is 23.8 Å². The van der Waals surface area contributed by atoms with Gasteiger partial charge in [0.15, 0.2) is 0 Å². The van der Waals surface area contributed by atoms with Gasteiger partial charge in [0, 0.05) is 68.1 Å². The van der Waals surface area contributed by atoms with Crippen LogP contribution in [0.3, 0.4) is 0 Å². The highest BCUT2D eigenvalue weighted by Gasteiger charge is 2.51. The smallest absolute Gasteiger partial charge is 0.465 e. The molecule has 2 atom stereocenters. The first-order valence-corrected chi connectivity index (χ1v) is 18.3. The van der Waals surface area contributed by atoms with Gasteiger partial charge >= 0.3 is 13.1 Å². The number of piperidine rings is 1. The number of carbonyl (C=O) groups excluding carboxylic acids is 1. The largest absolute Gasteiger partial charge is 0.494 e. The average Bonchev–Trinajstić information content (AvgIpc) is 3.49. The fourth-order valence-corrected chi connectivity index (χ4v) is 7.86. The van der Waals surface area contributed by atoms with Crippen LogP contribution >= 0.6 is 0 Å². The molecule has 6 rings (SSSR count). The van der Waals surface area contributed by atoms with E-state index in [9.17, 15) is 4.79 Å². The van der Waals surface area contributed by atoms with Gasteiger partial charge in [-0.3, -0.25) is 14.7 Å². The highest BCUT2D eigenvalue weighted by atomic mass is 16.7. The highest BCUT2D eigenvalue weighted by molar-refractivity contribution is 6.62. The maximum atomic E-state index is 11.9. The molecule has 0 amide bonds. The number of esters is 1. The Kier molecular flexibility index (Phi) is 10.0. The molecule has 0 radical (unpaired) electrons. The molecule has 9 nitrogen and oxygen atoms in total. The Morgan fingerprint density at radius 2 is 1.84 bits per heavy atom. The lowest BCUT2D eigenvalue weighted by Gasteiger charge is -2.45. The van der Waals surface area contributed by atoms with Crippen LogP contribution in [0.15, 0.2) is 30.5 Å². The molecule has 0 unspecified atom stereocenters. The predicted octanol–water partition coefficient (Wildman–Crippen LogP) is 6.54. The summed E-state index contributed by atoms with van der Waals surface area (Å²) in [5, 5.41) is 1.15. The van der Waals surface area contributed by atoms with Gasteiger partial charge in [0.2, 0.25) is 0 Å². The number of nitrogens with zero attached hydrogens (tertiary/aromatic N) is 4. The van der Waals surface area contributed by atoms with Crippen molar-refractivity contribution in [1.29, 1.82) is 0 Å². The Morgan fingerprint density at radius 3 is 2.51 bits per heavy atom. The van der Waals surface area contributed by atoms with E-state index in [0.29, 0.717) is 19.1 Å². The third kappa shape index (κ3) is 7.03. The van der Waals surface area contributed by atoms with Gasteiger partial charge in [0.1, 0.15) is 0 Å². The van der Waals surface area contributed by atoms with E-state index in [-0.39, 0.29) is 17.5 Å². The lowest BCUT2D eigenvalue weighted by molar-refractivity contribution is -0.143. The van der Waals surface area contributed by atoms with Crippen LogP contribution in [0.1, 0.15) is 98.9 Å². The minimum atomic E-state index is -0.475. The van der Waals surface area contributed by atoms with Crippen LogP contribution in [0.2, 0.25) is 0 Å². The zero-order valence-corrected chi connectivity index (χ0v) is 31.5. The van der Waals surface area contributed by atoms with Crippen molar-refractivity contribution in [1.82, 2.24) is 14.5 Å². The summed E-state index contributed by atoms with van der Waals surface area (Å²) in [4.78, 5) is 22.3. The van der Waals surface area contributed by atoms with E-state index in [1.807, 2.05) is 6.20 Å². The second-order valence-electron chi connectivity index (χ2n) is 16.2. The molecule has 10 heteroatoms. The topological polar surface area (TPSA) is 78.3 Å². The Balaban J connectivity index is 1.52. The predicted molar refractivity (Wildman–Crippen MR) is 198 cm³/mol. The summed E-state index contributed by atoms with van der Waals surface area (Å²) in [6.07, 6.45) is 6.40. The molecule has 0 spiro atoms. The number of fused-ring (bicyclic) bond motifs is 2. The van der Waals surface area contributed by atoms with Crippen molar-refractivity contribution in [3.05, 3.63) is 41.7 Å². The van der Waals surface area contributed by atoms with Crippen LogP contribution < -0.4 is 10.4 Å². The molecule has 3 aliphatic heterocycles. The second kappa shape index (κ2) is 13.7. The molecular formula is C39H57BN4O5. The number of ether oxygens (including phenoxy) is 2. The van der Waals surface area contributed by atoms with Gasteiger partial charge in [-0.15, -0.1) is 0 Å². The summed E-state index contributed by atoms with van der Waals surface area (Å²) in [5.41, 5.74) is 6.44. The van der Waals surface area contributed by atoms with Crippen molar-refractivity contribution < 1.29 is 23.6 Å². The normalized spacial score (nSPS) is 21.6. The Labute approximate surface area is 293 Å². The van der Waals surface area contributed by atoms with Crippen LogP contribution in [-0.4, -0.2) is 84.7 Å². The number of hydrogen-bond donors (Lipinski definition) is 0. The first kappa shape index (κ1) is 35.9. The minimum absolute atomic E-state index is 0.204. The van der Waals surface area contributed by atoms with Gasteiger partial charge in [-0.1, -0.05) is 32.4 Å². The van der Waals surface area contributed by atoms with E-state index in [1.165, 1.54) is 38.3 Å². The molecule has 5 heterocycles. The van der Waals surface area contributed by atoms with Gasteiger partial charge in [-0.2, -0.15) is 0 Å². The van der Waals surface area contributed by atoms with E-state index in [2.05, 4.69) is 94.0 Å². The molecule has 0 bridgehead atoms. The number of rotatable bonds is 10. The first-order valence-electron chi connectivity index (χ1n) is 18.3. The van der Waals surface area contributed by atoms with Crippen LogP contribution in [0, 0.1) is 5.41 Å². The summed E-state index contributed by atoms with van der Waals surface area (Å²) in [6, 6.07) is 9.56. The number of benzene rings is 1. The maximum Gasteiger partial charge on any atom is 0.494 e. The minimum Gasteiger partial charge on any atom is -0.465 e. The molecule has 0 N–H and O–H groups in total. The SMILES string of the molecule is CCn1c(-c2cc(N3CCN4CCCC[C@@H]4C3)cnc2[C@H](C)OC)c(CC(C)(C)COC(C)=O)c2cc(B3OC(C)(C)C(C)(C)O3)ccc21. The molecular weight excluding hydrogens is 615 g/mol. The Bertz CT molecular complexity index is 1670. The van der Waals surface area contributed by atoms with Gasteiger partial charge in [-0.05, 0) is 90.5 Å². The summed E-state index contributed by atoms with van der Waals surface area (Å²) >= 11 is 0. The standard InChI is InChI=1S/C39H57BN4O5/c1-11-44-34-16-15-28(40-48-38(6,7)39(8,9)49-40)20-31(34)33(22-37(4,5)25-47-27(3)45)36(44)32-21-30(23-41-35(32)26(2)46-10)43-19-18-42-17-13-12-14-29(42)24-43/h15-16,20-21,23,26,29H,11-14,17-19,22,24-25H2,1-10H3/t26-,29+/m0/s1. The van der Waals surface area contributed by atoms with Crippen molar-refractivity contribution >= 4 is 35.1 Å². The molecule has 1 aromatic carbocycles. The zero-order valence-electron chi connectivity index (χ0n) is 31.5. The maximum absolute atomic E-state index is 11.9. The van der Waals surface area contributed by atoms with Gasteiger partial charge < -0.3 is 28.2 Å². The quantitative estimate of drug-likeness (QED) is 0.178. The lowest BCUT2D eigenvalue weighted by atomic mass is 9.77. The van der Waals surface area contributed by atoms with Gasteiger partial charge in [0.05, 0.1) is 47.2 Å². The average molecular weight is 673 g/mol. The monoisotopic (exact) mass is 672 g/mol. The number of hydrogen-bond acceptors (Lipinski definition) is 8. The van der Waals surface area contributed by atoms with Crippen LogP contribution in [0.5, 0.6) is 0 Å². The van der Waals surface area contributed by atoms with Crippen molar-refractivity contribution in [2.45, 2.75) is 118 Å². The summed E-state index contributed by atoms with van der Waals surface area (Å²) in [7, 11) is 1.28. The van der Waals surface area contributed by atoms with Gasteiger partial charge in [-0.25, -0.2) is 0 Å². The number of anilines is 1. The highest BCUT2D eigenvalue weighted by Crippen LogP contribution is 2.43. The third-order valence-corrected chi connectivity index (χ3v) is 11.5. The first-order chi connectivity index (χ1) is 23.1. The number of aromatic nitrogens is 2. The third-order valence-electron chi connectivity index (χ3n) is 11.5. The molecule has 0 aliphatic carbocycles. The number of methoxy groups -OCH3 is 1. The number of pyridine rings is 1. The van der Waals surface area contributed by atoms with Crippen LogP contribution in [0.4, 0.5) is 5.69 Å². The van der Waals surface area contributed by atoms with Crippen molar-refractivity contribution in [2.24, 2.45) is 5.41 Å². The summed E-state index contributed by atoms with van der Waals surface area (Å²) in [6.45, 7) is 23.9. The van der Waals surface area contributed by atoms with E-state index >= 15 is 0 Å². The molecule has 3 fully saturated rings. The molecule has 266 valence electrons. The van der Waals surface area contributed by atoms with Crippen molar-refractivity contribution in [3.8, 4) is 11.3 Å². The number of aryl methyl sites for hydroxylation is 1. The van der Waals surface area contributed by atoms with E-state index < -0.39 is 18.3 Å². The Morgan fingerprint density at radius 1 is 1.10 bits per heavy atom. The second-order valence-corrected chi connectivity index (χ2v) is 16.2. The molecule has 0 saturated carbocycles. The molecule has 49 heavy (non-hydrogen) atoms. The van der Waals surface area contributed by atoms with Crippen molar-refractivity contribution in [3.63, 3.8) is 0 Å². The molecule has 3 aromatic rings. The summed E-state index contributed by atoms with van der Waals surface area (Å²) < 4.78 is 27.0. The van der Waals surface area contributed by atoms with E-state index in [0.717, 1.165) is 65.2 Å². The fraction of sp³-hybridized carbons (Fsp3) is 0.641. The Hall–Kier alpha value is -2.92. The fourth-order valence-electron chi connectivity index (χ4n) is 7.86. The summed E-state index contributed by atoms with van der Waals surface area (Å²) in [5.74, 6) is -0.265. The molecule has 2 aromatic heterocycles. The van der Waals surface area contributed by atoms with Gasteiger partial charge in [0.25, 0.3) is 0 Å².